The highest BCUT2D eigenvalue weighted by molar-refractivity contribution is 5.97. The van der Waals surface area contributed by atoms with Crippen molar-refractivity contribution in [2.75, 3.05) is 25.5 Å². The van der Waals surface area contributed by atoms with Crippen molar-refractivity contribution in [1.82, 2.24) is 20.0 Å². The van der Waals surface area contributed by atoms with Crippen molar-refractivity contribution in [1.29, 1.82) is 0 Å². The predicted octanol–water partition coefficient (Wildman–Crippen LogP) is 3.00. The average molecular weight is 408 g/mol. The van der Waals surface area contributed by atoms with Crippen LogP contribution in [0.5, 0.6) is 0 Å². The van der Waals surface area contributed by atoms with E-state index in [1.807, 2.05) is 11.9 Å². The molecule has 2 amide bonds. The van der Waals surface area contributed by atoms with Crippen molar-refractivity contribution in [2.24, 2.45) is 7.05 Å². The van der Waals surface area contributed by atoms with Crippen molar-refractivity contribution >= 4 is 29.9 Å². The van der Waals surface area contributed by atoms with Crippen LogP contribution in [0.1, 0.15) is 48.7 Å². The van der Waals surface area contributed by atoms with Gasteiger partial charge in [0.05, 0.1) is 6.20 Å². The zero-order chi connectivity index (χ0) is 19.8. The Balaban J connectivity index is 0.00000392. The molecule has 154 valence electrons. The van der Waals surface area contributed by atoms with E-state index in [-0.39, 0.29) is 24.2 Å². The molecular weight excluding hydrogens is 378 g/mol. The monoisotopic (exact) mass is 407 g/mol. The number of halogens is 1. The molecule has 1 atom stereocenters. The first kappa shape index (κ1) is 23.7. The third-order valence-corrected chi connectivity index (χ3v) is 4.28. The van der Waals surface area contributed by atoms with E-state index in [0.29, 0.717) is 11.3 Å². The van der Waals surface area contributed by atoms with Crippen LogP contribution in [0.4, 0.5) is 5.69 Å². The first-order valence-corrected chi connectivity index (χ1v) is 9.36. The quantitative estimate of drug-likeness (QED) is 0.669. The molecule has 1 heterocycles. The molecule has 0 saturated carbocycles. The normalized spacial score (nSPS) is 11.4. The van der Waals surface area contributed by atoms with E-state index in [4.69, 9.17) is 0 Å². The maximum atomic E-state index is 12.6. The molecule has 0 spiro atoms. The van der Waals surface area contributed by atoms with Crippen molar-refractivity contribution in [3.05, 3.63) is 47.8 Å². The minimum atomic E-state index is -0.496. The number of hydrogen-bond donors (Lipinski definition) is 2. The van der Waals surface area contributed by atoms with Crippen LogP contribution < -0.4 is 10.6 Å². The molecule has 7 nitrogen and oxygen atoms in total. The summed E-state index contributed by atoms with van der Waals surface area (Å²) >= 11 is 0. The Labute approximate surface area is 172 Å². The molecule has 0 saturated heterocycles. The van der Waals surface area contributed by atoms with Crippen LogP contribution in [0.3, 0.4) is 0 Å². The Morgan fingerprint density at radius 1 is 1.14 bits per heavy atom. The molecule has 0 aliphatic rings. The number of nitrogens with one attached hydrogen (secondary N) is 2. The Kier molecular flexibility index (Phi) is 9.68. The van der Waals surface area contributed by atoms with E-state index in [2.05, 4.69) is 29.6 Å². The Morgan fingerprint density at radius 2 is 1.75 bits per heavy atom. The molecule has 0 aliphatic heterocycles. The number of anilines is 1. The summed E-state index contributed by atoms with van der Waals surface area (Å²) in [7, 11) is 3.54. The number of nitrogens with zero attached hydrogens (tertiary/aromatic N) is 3. The van der Waals surface area contributed by atoms with E-state index in [1.54, 1.807) is 48.4 Å². The number of carbonyl (C=O) groups excluding carboxylic acids is 2. The zero-order valence-corrected chi connectivity index (χ0v) is 17.8. The van der Waals surface area contributed by atoms with Crippen LogP contribution in [0.25, 0.3) is 0 Å². The molecule has 0 fully saturated rings. The minimum absolute atomic E-state index is 0. The topological polar surface area (TPSA) is 79.3 Å². The van der Waals surface area contributed by atoms with E-state index < -0.39 is 6.04 Å². The Hall–Kier alpha value is -2.38. The van der Waals surface area contributed by atoms with Crippen molar-refractivity contribution in [2.45, 2.75) is 32.7 Å². The summed E-state index contributed by atoms with van der Waals surface area (Å²) < 4.78 is 1.66. The lowest BCUT2D eigenvalue weighted by molar-refractivity contribution is -0.118. The number of amides is 2. The third-order valence-electron chi connectivity index (χ3n) is 4.28. The molecule has 2 aromatic rings. The largest absolute Gasteiger partial charge is 0.339 e. The fourth-order valence-electron chi connectivity index (χ4n) is 2.99. The molecule has 1 aromatic heterocycles. The summed E-state index contributed by atoms with van der Waals surface area (Å²) in [4.78, 5) is 27.1. The van der Waals surface area contributed by atoms with E-state index in [1.165, 1.54) is 0 Å². The van der Waals surface area contributed by atoms with Gasteiger partial charge in [-0.15, -0.1) is 12.4 Å². The molecule has 2 N–H and O–H groups in total. The number of benzene rings is 1. The molecule has 28 heavy (non-hydrogen) atoms. The van der Waals surface area contributed by atoms with Gasteiger partial charge in [0.2, 0.25) is 5.91 Å². The third kappa shape index (κ3) is 6.07. The summed E-state index contributed by atoms with van der Waals surface area (Å²) in [5.41, 5.74) is 2.07. The number of likely N-dealkylation sites (N-methyl/N-ethyl adjacent to an activating group) is 1. The molecule has 0 aliphatic carbocycles. The second-order valence-electron chi connectivity index (χ2n) is 6.53. The van der Waals surface area contributed by atoms with Gasteiger partial charge in [0, 0.05) is 43.1 Å². The molecule has 2 rings (SSSR count). The fourth-order valence-corrected chi connectivity index (χ4v) is 2.99. The lowest BCUT2D eigenvalue weighted by Gasteiger charge is -2.21. The second-order valence-corrected chi connectivity index (χ2v) is 6.53. The minimum Gasteiger partial charge on any atom is -0.339 e. The molecule has 1 unspecified atom stereocenters. The van der Waals surface area contributed by atoms with Crippen LogP contribution in [-0.2, 0) is 11.8 Å². The van der Waals surface area contributed by atoms with Crippen LogP contribution in [0.15, 0.2) is 36.7 Å². The SMILES string of the molecule is CCCN(CCC)C(=O)c1ccc(NC(=O)C(NC)c2cnn(C)c2)cc1.Cl. The zero-order valence-electron chi connectivity index (χ0n) is 16.9. The van der Waals surface area contributed by atoms with Gasteiger partial charge >= 0.3 is 0 Å². The summed E-state index contributed by atoms with van der Waals surface area (Å²) in [6.45, 7) is 5.63. The van der Waals surface area contributed by atoms with Crippen molar-refractivity contribution in [3.8, 4) is 0 Å². The fraction of sp³-hybridized carbons (Fsp3) is 0.450. The molecule has 1 aromatic carbocycles. The number of hydrogen-bond acceptors (Lipinski definition) is 4. The molecule has 0 bridgehead atoms. The second kappa shape index (κ2) is 11.5. The Morgan fingerprint density at radius 3 is 2.21 bits per heavy atom. The number of rotatable bonds is 9. The van der Waals surface area contributed by atoms with Gasteiger partial charge < -0.3 is 15.5 Å². The van der Waals surface area contributed by atoms with Gasteiger partial charge in [0.1, 0.15) is 6.04 Å². The first-order valence-electron chi connectivity index (χ1n) is 9.36. The predicted molar refractivity (Wildman–Crippen MR) is 114 cm³/mol. The van der Waals surface area contributed by atoms with Gasteiger partial charge in [-0.25, -0.2) is 0 Å². The number of aryl methyl sites for hydroxylation is 1. The van der Waals surface area contributed by atoms with Crippen molar-refractivity contribution < 1.29 is 9.59 Å². The summed E-state index contributed by atoms with van der Waals surface area (Å²) in [5.74, 6) is -0.150. The highest BCUT2D eigenvalue weighted by atomic mass is 35.5. The standard InChI is InChI=1S/C20H29N5O2.ClH/c1-5-11-25(12-6-2)20(27)15-7-9-17(10-8-15)23-19(26)18(21-3)16-13-22-24(4)14-16;/h7-10,13-14,18,21H,5-6,11-12H2,1-4H3,(H,23,26);1H. The summed E-state index contributed by atoms with van der Waals surface area (Å²) in [5, 5.41) is 9.99. The smallest absolute Gasteiger partial charge is 0.253 e. The first-order chi connectivity index (χ1) is 13.0. The van der Waals surface area contributed by atoms with Gasteiger partial charge in [-0.3, -0.25) is 14.3 Å². The van der Waals surface area contributed by atoms with Gasteiger partial charge in [-0.2, -0.15) is 5.10 Å². The van der Waals surface area contributed by atoms with Crippen molar-refractivity contribution in [3.63, 3.8) is 0 Å². The maximum Gasteiger partial charge on any atom is 0.253 e. The summed E-state index contributed by atoms with van der Waals surface area (Å²) in [6, 6.07) is 6.54. The van der Waals surface area contributed by atoms with Gasteiger partial charge in [0.25, 0.3) is 5.91 Å². The maximum absolute atomic E-state index is 12.6. The molecule has 8 heteroatoms. The molecule has 0 radical (unpaired) electrons. The van der Waals surface area contributed by atoms with Gasteiger partial charge in [-0.05, 0) is 44.2 Å². The highest BCUT2D eigenvalue weighted by Crippen LogP contribution is 2.17. The van der Waals surface area contributed by atoms with Crippen LogP contribution >= 0.6 is 12.4 Å². The van der Waals surface area contributed by atoms with Crippen LogP contribution in [-0.4, -0.2) is 46.6 Å². The Bertz CT molecular complexity index is 754. The molecular formula is C20H30ClN5O2. The van der Waals surface area contributed by atoms with Gasteiger partial charge in [-0.1, -0.05) is 13.8 Å². The number of aromatic nitrogens is 2. The average Bonchev–Trinajstić information content (AvgIpc) is 3.08. The van der Waals surface area contributed by atoms with Crippen LogP contribution in [0.2, 0.25) is 0 Å². The number of carbonyl (C=O) groups is 2. The van der Waals surface area contributed by atoms with E-state index in [9.17, 15) is 9.59 Å². The van der Waals surface area contributed by atoms with E-state index in [0.717, 1.165) is 31.5 Å². The summed E-state index contributed by atoms with van der Waals surface area (Å²) in [6.07, 6.45) is 5.33. The highest BCUT2D eigenvalue weighted by Gasteiger charge is 2.20. The lowest BCUT2D eigenvalue weighted by atomic mass is 10.1. The lowest BCUT2D eigenvalue weighted by Crippen LogP contribution is -2.32. The van der Waals surface area contributed by atoms with Crippen LogP contribution in [0, 0.1) is 0 Å². The van der Waals surface area contributed by atoms with E-state index >= 15 is 0 Å². The van der Waals surface area contributed by atoms with Gasteiger partial charge in [0.15, 0.2) is 0 Å².